The first-order valence-electron chi connectivity index (χ1n) is 4.61. The van der Waals surface area contributed by atoms with Gasteiger partial charge in [0.05, 0.1) is 6.61 Å². The zero-order valence-electron chi connectivity index (χ0n) is 8.82. The van der Waals surface area contributed by atoms with Crippen LogP contribution in [0.1, 0.15) is 20.8 Å². The van der Waals surface area contributed by atoms with E-state index in [1.165, 1.54) is 6.92 Å². The van der Waals surface area contributed by atoms with Crippen molar-refractivity contribution in [1.82, 2.24) is 5.32 Å². The number of carboxylic acids is 1. The predicted molar refractivity (Wildman–Crippen MR) is 52.0 cm³/mol. The summed E-state index contributed by atoms with van der Waals surface area (Å²) in [6.45, 7) is 4.88. The molecule has 0 radical (unpaired) electrons. The number of rotatable bonds is 6. The maximum atomic E-state index is 10.5. The number of aliphatic hydroxyl groups is 2. The molecule has 2 unspecified atom stereocenters. The van der Waals surface area contributed by atoms with Gasteiger partial charge in [0.25, 0.3) is 0 Å². The van der Waals surface area contributed by atoms with Crippen LogP contribution in [0.15, 0.2) is 0 Å². The van der Waals surface area contributed by atoms with Gasteiger partial charge in [-0.05, 0) is 12.8 Å². The second-order valence-corrected chi connectivity index (χ2v) is 3.99. The molecule has 0 saturated heterocycles. The molecule has 0 aliphatic rings. The van der Waals surface area contributed by atoms with Gasteiger partial charge < -0.3 is 20.6 Å². The summed E-state index contributed by atoms with van der Waals surface area (Å²) in [4.78, 5) is 10.5. The predicted octanol–water partition coefficient (Wildman–Crippen LogP) is -0.571. The lowest BCUT2D eigenvalue weighted by molar-refractivity contribution is -0.156. The highest BCUT2D eigenvalue weighted by Crippen LogP contribution is 2.05. The van der Waals surface area contributed by atoms with Gasteiger partial charge in [0.2, 0.25) is 0 Å². The number of aliphatic carboxylic acids is 1. The summed E-state index contributed by atoms with van der Waals surface area (Å²) in [6.07, 6.45) is 0. The third kappa shape index (κ3) is 4.04. The van der Waals surface area contributed by atoms with E-state index in [1.807, 2.05) is 13.8 Å². The zero-order chi connectivity index (χ0) is 11.4. The summed E-state index contributed by atoms with van der Waals surface area (Å²) in [6, 6.07) is -0.194. The van der Waals surface area contributed by atoms with Crippen molar-refractivity contribution in [1.29, 1.82) is 0 Å². The molecule has 0 aromatic carbocycles. The number of hydrogen-bond donors (Lipinski definition) is 4. The van der Waals surface area contributed by atoms with Crippen molar-refractivity contribution in [3.8, 4) is 0 Å². The van der Waals surface area contributed by atoms with Gasteiger partial charge in [-0.1, -0.05) is 13.8 Å². The van der Waals surface area contributed by atoms with Crippen molar-refractivity contribution in [2.45, 2.75) is 32.4 Å². The van der Waals surface area contributed by atoms with E-state index < -0.39 is 11.6 Å². The van der Waals surface area contributed by atoms with Crippen LogP contribution in [0.4, 0.5) is 0 Å². The molecule has 5 heteroatoms. The van der Waals surface area contributed by atoms with Crippen LogP contribution in [0.3, 0.4) is 0 Å². The third-order valence-electron chi connectivity index (χ3n) is 2.17. The summed E-state index contributed by atoms with van der Waals surface area (Å²) in [7, 11) is 0. The fourth-order valence-electron chi connectivity index (χ4n) is 0.917. The number of aliphatic hydroxyl groups excluding tert-OH is 1. The Morgan fingerprint density at radius 2 is 2.00 bits per heavy atom. The largest absolute Gasteiger partial charge is 0.479 e. The average molecular weight is 205 g/mol. The van der Waals surface area contributed by atoms with E-state index in [9.17, 15) is 9.90 Å². The SMILES string of the molecule is CC(C)C(CO)NCC(C)(O)C(=O)O. The minimum Gasteiger partial charge on any atom is -0.479 e. The third-order valence-corrected chi connectivity index (χ3v) is 2.17. The second kappa shape index (κ2) is 5.29. The van der Waals surface area contributed by atoms with E-state index in [4.69, 9.17) is 10.2 Å². The van der Waals surface area contributed by atoms with Crippen LogP contribution in [-0.4, -0.2) is 46.1 Å². The fourth-order valence-corrected chi connectivity index (χ4v) is 0.917. The fraction of sp³-hybridized carbons (Fsp3) is 0.889. The molecule has 0 spiro atoms. The van der Waals surface area contributed by atoms with Gasteiger partial charge in [0.1, 0.15) is 0 Å². The van der Waals surface area contributed by atoms with Crippen molar-refractivity contribution in [2.24, 2.45) is 5.92 Å². The minimum atomic E-state index is -1.79. The molecular weight excluding hydrogens is 186 g/mol. The van der Waals surface area contributed by atoms with E-state index in [2.05, 4.69) is 5.32 Å². The highest BCUT2D eigenvalue weighted by molar-refractivity contribution is 5.76. The minimum absolute atomic E-state index is 0.0760. The van der Waals surface area contributed by atoms with Gasteiger partial charge in [0, 0.05) is 12.6 Å². The maximum Gasteiger partial charge on any atom is 0.336 e. The summed E-state index contributed by atoms with van der Waals surface area (Å²) in [5.41, 5.74) is -1.79. The summed E-state index contributed by atoms with van der Waals surface area (Å²) < 4.78 is 0. The Balaban J connectivity index is 4.09. The molecule has 0 aliphatic carbocycles. The molecule has 0 aliphatic heterocycles. The van der Waals surface area contributed by atoms with E-state index in [0.29, 0.717) is 0 Å². The van der Waals surface area contributed by atoms with E-state index in [-0.39, 0.29) is 25.1 Å². The van der Waals surface area contributed by atoms with Crippen LogP contribution in [0, 0.1) is 5.92 Å². The van der Waals surface area contributed by atoms with Crippen molar-refractivity contribution < 1.29 is 20.1 Å². The first-order chi connectivity index (χ1) is 6.31. The topological polar surface area (TPSA) is 89.8 Å². The quantitative estimate of drug-likeness (QED) is 0.466. The number of nitrogens with one attached hydrogen (secondary N) is 1. The van der Waals surface area contributed by atoms with Crippen LogP contribution < -0.4 is 5.32 Å². The van der Waals surface area contributed by atoms with Gasteiger partial charge in [-0.25, -0.2) is 4.79 Å². The van der Waals surface area contributed by atoms with Gasteiger partial charge in [-0.15, -0.1) is 0 Å². The summed E-state index contributed by atoms with van der Waals surface area (Å²) in [5.74, 6) is -1.09. The Bertz CT molecular complexity index is 191. The van der Waals surface area contributed by atoms with Crippen molar-refractivity contribution in [2.75, 3.05) is 13.2 Å². The molecular formula is C9H19NO4. The second-order valence-electron chi connectivity index (χ2n) is 3.99. The Morgan fingerprint density at radius 3 is 2.29 bits per heavy atom. The Morgan fingerprint density at radius 1 is 1.50 bits per heavy atom. The van der Waals surface area contributed by atoms with E-state index in [0.717, 1.165) is 0 Å². The van der Waals surface area contributed by atoms with Gasteiger partial charge in [0.15, 0.2) is 5.60 Å². The molecule has 84 valence electrons. The molecule has 2 atom stereocenters. The molecule has 5 nitrogen and oxygen atoms in total. The lowest BCUT2D eigenvalue weighted by Gasteiger charge is -2.25. The number of carboxylic acid groups (broad SMARTS) is 1. The molecule has 4 N–H and O–H groups in total. The van der Waals surface area contributed by atoms with Crippen LogP contribution >= 0.6 is 0 Å². The van der Waals surface area contributed by atoms with E-state index >= 15 is 0 Å². The normalized spacial score (nSPS) is 17.9. The molecule has 0 heterocycles. The van der Waals surface area contributed by atoms with Crippen LogP contribution in [-0.2, 0) is 4.79 Å². The van der Waals surface area contributed by atoms with Gasteiger partial charge in [-0.3, -0.25) is 0 Å². The molecule has 0 fully saturated rings. The maximum absolute atomic E-state index is 10.5. The first-order valence-corrected chi connectivity index (χ1v) is 4.61. The standard InChI is InChI=1S/C9H19NO4/c1-6(2)7(4-11)10-5-9(3,14)8(12)13/h6-7,10-11,14H,4-5H2,1-3H3,(H,12,13). The average Bonchev–Trinajstić information content (AvgIpc) is 2.04. The summed E-state index contributed by atoms with van der Waals surface area (Å²) in [5, 5.41) is 29.7. The molecule has 0 amide bonds. The Hall–Kier alpha value is -0.650. The zero-order valence-corrected chi connectivity index (χ0v) is 8.82. The lowest BCUT2D eigenvalue weighted by atomic mass is 10.0. The number of carbonyl (C=O) groups is 1. The molecule has 0 aromatic rings. The van der Waals surface area contributed by atoms with Gasteiger partial charge in [-0.2, -0.15) is 0 Å². The molecule has 0 aromatic heterocycles. The van der Waals surface area contributed by atoms with Crippen molar-refractivity contribution in [3.05, 3.63) is 0 Å². The molecule has 0 saturated carbocycles. The Kier molecular flexibility index (Phi) is 5.04. The highest BCUT2D eigenvalue weighted by Gasteiger charge is 2.30. The van der Waals surface area contributed by atoms with Crippen LogP contribution in [0.5, 0.6) is 0 Å². The van der Waals surface area contributed by atoms with Crippen molar-refractivity contribution >= 4 is 5.97 Å². The van der Waals surface area contributed by atoms with Crippen LogP contribution in [0.2, 0.25) is 0 Å². The lowest BCUT2D eigenvalue weighted by Crippen LogP contribution is -2.50. The number of hydrogen-bond acceptors (Lipinski definition) is 4. The Labute approximate surface area is 83.8 Å². The molecule has 14 heavy (non-hydrogen) atoms. The highest BCUT2D eigenvalue weighted by atomic mass is 16.4. The van der Waals surface area contributed by atoms with Gasteiger partial charge >= 0.3 is 5.97 Å². The van der Waals surface area contributed by atoms with Crippen molar-refractivity contribution in [3.63, 3.8) is 0 Å². The molecule has 0 rings (SSSR count). The smallest absolute Gasteiger partial charge is 0.336 e. The molecule has 0 bridgehead atoms. The summed E-state index contributed by atoms with van der Waals surface area (Å²) >= 11 is 0. The first kappa shape index (κ1) is 13.4. The van der Waals surface area contributed by atoms with E-state index in [1.54, 1.807) is 0 Å². The van der Waals surface area contributed by atoms with Crippen LogP contribution in [0.25, 0.3) is 0 Å². The monoisotopic (exact) mass is 205 g/mol.